The van der Waals surface area contributed by atoms with Crippen LogP contribution in [0.2, 0.25) is 0 Å². The first-order valence-corrected chi connectivity index (χ1v) is 4.87. The van der Waals surface area contributed by atoms with Gasteiger partial charge in [-0.3, -0.25) is 0 Å². The lowest BCUT2D eigenvalue weighted by molar-refractivity contribution is 0.172. The summed E-state index contributed by atoms with van der Waals surface area (Å²) in [5.74, 6) is 1.58. The van der Waals surface area contributed by atoms with Crippen LogP contribution in [-0.4, -0.2) is 41.5 Å². The second kappa shape index (κ2) is 4.33. The number of aliphatic hydroxyl groups excluding tert-OH is 1. The molecule has 0 aromatic rings. The molecule has 0 aromatic carbocycles. The summed E-state index contributed by atoms with van der Waals surface area (Å²) in [5.41, 5.74) is 0. The minimum absolute atomic E-state index is 0.0814. The van der Waals surface area contributed by atoms with Crippen LogP contribution in [0, 0.1) is 5.92 Å². The summed E-state index contributed by atoms with van der Waals surface area (Å²) in [4.78, 5) is 2.31. The van der Waals surface area contributed by atoms with Gasteiger partial charge in [0.2, 0.25) is 0 Å². The van der Waals surface area contributed by atoms with Gasteiger partial charge in [-0.15, -0.1) is 0 Å². The number of likely N-dealkylation sites (tertiary alicyclic amines) is 1. The Hall–Kier alpha value is 0.270. The molecule has 2 atom stereocenters. The van der Waals surface area contributed by atoms with E-state index in [1.165, 1.54) is 0 Å². The van der Waals surface area contributed by atoms with Crippen LogP contribution >= 0.6 is 12.6 Å². The van der Waals surface area contributed by atoms with Crippen molar-refractivity contribution >= 4 is 12.6 Å². The molecule has 0 amide bonds. The standard InChI is InChI=1S/C8H17NOS/c1-7(6-11)4-9-3-2-8(10)5-9/h7-8,10-11H,2-6H2,1H3. The predicted octanol–water partition coefficient (Wildman–Crippen LogP) is 0.619. The van der Waals surface area contributed by atoms with E-state index in [1.54, 1.807) is 0 Å². The summed E-state index contributed by atoms with van der Waals surface area (Å²) >= 11 is 4.22. The number of thiol groups is 1. The molecular formula is C8H17NOS. The molecule has 1 rings (SSSR count). The fourth-order valence-electron chi connectivity index (χ4n) is 1.48. The Morgan fingerprint density at radius 2 is 2.45 bits per heavy atom. The summed E-state index contributed by atoms with van der Waals surface area (Å²) in [6.07, 6.45) is 0.862. The molecule has 0 aromatic heterocycles. The van der Waals surface area contributed by atoms with Crippen LogP contribution in [0.1, 0.15) is 13.3 Å². The monoisotopic (exact) mass is 175 g/mol. The van der Waals surface area contributed by atoms with Crippen molar-refractivity contribution < 1.29 is 5.11 Å². The van der Waals surface area contributed by atoms with Gasteiger partial charge in [0.25, 0.3) is 0 Å². The summed E-state index contributed by atoms with van der Waals surface area (Å²) < 4.78 is 0. The van der Waals surface area contributed by atoms with Crippen molar-refractivity contribution in [3.05, 3.63) is 0 Å². The van der Waals surface area contributed by atoms with Gasteiger partial charge in [0.15, 0.2) is 0 Å². The maximum absolute atomic E-state index is 9.22. The zero-order valence-electron chi connectivity index (χ0n) is 7.03. The van der Waals surface area contributed by atoms with Gasteiger partial charge in [0.05, 0.1) is 6.10 Å². The van der Waals surface area contributed by atoms with E-state index in [0.29, 0.717) is 5.92 Å². The van der Waals surface area contributed by atoms with Crippen LogP contribution in [-0.2, 0) is 0 Å². The third-order valence-corrected chi connectivity index (χ3v) is 2.75. The van der Waals surface area contributed by atoms with E-state index in [2.05, 4.69) is 24.5 Å². The molecule has 1 saturated heterocycles. The van der Waals surface area contributed by atoms with Crippen molar-refractivity contribution in [3.63, 3.8) is 0 Å². The minimum atomic E-state index is -0.0814. The van der Waals surface area contributed by atoms with Gasteiger partial charge in [-0.2, -0.15) is 12.6 Å². The molecule has 0 aliphatic carbocycles. The molecule has 1 N–H and O–H groups in total. The Kier molecular flexibility index (Phi) is 3.69. The van der Waals surface area contributed by atoms with E-state index in [1.807, 2.05) is 0 Å². The summed E-state index contributed by atoms with van der Waals surface area (Å²) in [5, 5.41) is 9.22. The average molecular weight is 175 g/mol. The van der Waals surface area contributed by atoms with Crippen LogP contribution in [0.4, 0.5) is 0 Å². The second-order valence-electron chi connectivity index (χ2n) is 3.49. The number of β-amino-alcohol motifs (C(OH)–C–C–N with tert-alkyl or cyclic N) is 1. The fourth-order valence-corrected chi connectivity index (χ4v) is 1.59. The van der Waals surface area contributed by atoms with Crippen molar-refractivity contribution in [2.24, 2.45) is 5.92 Å². The molecule has 11 heavy (non-hydrogen) atoms. The topological polar surface area (TPSA) is 23.5 Å². The summed E-state index contributed by atoms with van der Waals surface area (Å²) in [6.45, 7) is 5.19. The number of hydrogen-bond donors (Lipinski definition) is 2. The highest BCUT2D eigenvalue weighted by atomic mass is 32.1. The molecule has 1 aliphatic rings. The lowest BCUT2D eigenvalue weighted by Gasteiger charge is -2.18. The zero-order valence-corrected chi connectivity index (χ0v) is 7.93. The van der Waals surface area contributed by atoms with Gasteiger partial charge in [-0.1, -0.05) is 6.92 Å². The quantitative estimate of drug-likeness (QED) is 0.614. The third kappa shape index (κ3) is 3.01. The number of hydrogen-bond acceptors (Lipinski definition) is 3. The van der Waals surface area contributed by atoms with Crippen molar-refractivity contribution in [1.82, 2.24) is 4.90 Å². The second-order valence-corrected chi connectivity index (χ2v) is 3.85. The Bertz CT molecular complexity index is 121. The Labute approximate surface area is 74.0 Å². The third-order valence-electron chi connectivity index (χ3n) is 2.13. The van der Waals surface area contributed by atoms with Crippen LogP contribution in [0.15, 0.2) is 0 Å². The Balaban J connectivity index is 2.17. The first kappa shape index (κ1) is 9.36. The van der Waals surface area contributed by atoms with Gasteiger partial charge in [-0.25, -0.2) is 0 Å². The Morgan fingerprint density at radius 1 is 1.73 bits per heavy atom. The fraction of sp³-hybridized carbons (Fsp3) is 1.00. The SMILES string of the molecule is CC(CS)CN1CCC(O)C1. The van der Waals surface area contributed by atoms with Crippen LogP contribution < -0.4 is 0 Å². The van der Waals surface area contributed by atoms with E-state index in [9.17, 15) is 5.11 Å². The van der Waals surface area contributed by atoms with Crippen molar-refractivity contribution in [2.45, 2.75) is 19.4 Å². The smallest absolute Gasteiger partial charge is 0.0679 e. The lowest BCUT2D eigenvalue weighted by atomic mass is 10.2. The normalized spacial score (nSPS) is 29.2. The largest absolute Gasteiger partial charge is 0.392 e. The zero-order chi connectivity index (χ0) is 8.27. The van der Waals surface area contributed by atoms with Crippen LogP contribution in [0.5, 0.6) is 0 Å². The van der Waals surface area contributed by atoms with Gasteiger partial charge in [0.1, 0.15) is 0 Å². The van der Waals surface area contributed by atoms with Crippen LogP contribution in [0.25, 0.3) is 0 Å². The maximum Gasteiger partial charge on any atom is 0.0679 e. The molecule has 0 saturated carbocycles. The molecule has 2 unspecified atom stereocenters. The highest BCUT2D eigenvalue weighted by molar-refractivity contribution is 7.80. The van der Waals surface area contributed by atoms with E-state index in [-0.39, 0.29) is 6.10 Å². The van der Waals surface area contributed by atoms with E-state index in [0.717, 1.165) is 31.8 Å². The van der Waals surface area contributed by atoms with Gasteiger partial charge in [0, 0.05) is 19.6 Å². The minimum Gasteiger partial charge on any atom is -0.392 e. The average Bonchev–Trinajstić information content (AvgIpc) is 2.35. The van der Waals surface area contributed by atoms with Crippen LogP contribution in [0.3, 0.4) is 0 Å². The van der Waals surface area contributed by atoms with E-state index < -0.39 is 0 Å². The molecule has 2 nitrogen and oxygen atoms in total. The molecule has 0 bridgehead atoms. The first-order chi connectivity index (χ1) is 5.22. The molecule has 3 heteroatoms. The number of nitrogens with zero attached hydrogens (tertiary/aromatic N) is 1. The predicted molar refractivity (Wildman–Crippen MR) is 50.1 cm³/mol. The number of aliphatic hydroxyl groups is 1. The van der Waals surface area contributed by atoms with Crippen molar-refractivity contribution in [3.8, 4) is 0 Å². The van der Waals surface area contributed by atoms with Crippen molar-refractivity contribution in [2.75, 3.05) is 25.4 Å². The van der Waals surface area contributed by atoms with E-state index >= 15 is 0 Å². The van der Waals surface area contributed by atoms with E-state index in [4.69, 9.17) is 0 Å². The highest BCUT2D eigenvalue weighted by Crippen LogP contribution is 2.11. The highest BCUT2D eigenvalue weighted by Gasteiger charge is 2.20. The maximum atomic E-state index is 9.22. The molecule has 0 spiro atoms. The first-order valence-electron chi connectivity index (χ1n) is 4.23. The summed E-state index contributed by atoms with van der Waals surface area (Å²) in [7, 11) is 0. The molecule has 0 radical (unpaired) electrons. The number of rotatable bonds is 3. The summed E-state index contributed by atoms with van der Waals surface area (Å²) in [6, 6.07) is 0. The Morgan fingerprint density at radius 3 is 2.91 bits per heavy atom. The molecule has 1 fully saturated rings. The molecule has 1 heterocycles. The van der Waals surface area contributed by atoms with Gasteiger partial charge >= 0.3 is 0 Å². The van der Waals surface area contributed by atoms with Gasteiger partial charge in [-0.05, 0) is 18.1 Å². The lowest BCUT2D eigenvalue weighted by Crippen LogP contribution is -2.27. The molecule has 66 valence electrons. The van der Waals surface area contributed by atoms with Gasteiger partial charge < -0.3 is 10.0 Å². The van der Waals surface area contributed by atoms with Crippen molar-refractivity contribution in [1.29, 1.82) is 0 Å². The molecule has 1 aliphatic heterocycles. The molecular weight excluding hydrogens is 158 g/mol.